The monoisotopic (exact) mass is 339 g/mol. The van der Waals surface area contributed by atoms with E-state index in [1.807, 2.05) is 25.2 Å². The van der Waals surface area contributed by atoms with Gasteiger partial charge in [-0.25, -0.2) is 4.98 Å². The fourth-order valence-electron chi connectivity index (χ4n) is 2.55. The molecule has 25 heavy (non-hydrogen) atoms. The zero-order valence-electron chi connectivity index (χ0n) is 16.0. The SMILES string of the molecule is CCCCN(C)C(=O)c1ccnc(Nc2ccc(C(C)(C)C)cc2)c1. The first kappa shape index (κ1) is 19.0. The summed E-state index contributed by atoms with van der Waals surface area (Å²) in [5.41, 5.74) is 3.03. The Bertz CT molecular complexity index is 702. The average molecular weight is 339 g/mol. The van der Waals surface area contributed by atoms with Crippen LogP contribution >= 0.6 is 0 Å². The highest BCUT2D eigenvalue weighted by molar-refractivity contribution is 5.94. The highest BCUT2D eigenvalue weighted by Crippen LogP contribution is 2.24. The fourth-order valence-corrected chi connectivity index (χ4v) is 2.55. The van der Waals surface area contributed by atoms with Gasteiger partial charge in [0.2, 0.25) is 0 Å². The number of hydrogen-bond acceptors (Lipinski definition) is 3. The number of carbonyl (C=O) groups is 1. The van der Waals surface area contributed by atoms with Crippen LogP contribution in [0.25, 0.3) is 0 Å². The van der Waals surface area contributed by atoms with Crippen LogP contribution in [-0.2, 0) is 5.41 Å². The zero-order chi connectivity index (χ0) is 18.4. The normalized spacial score (nSPS) is 11.2. The standard InChI is InChI=1S/C21H29N3O/c1-6-7-14-24(5)20(25)16-12-13-22-19(15-16)23-18-10-8-17(9-11-18)21(2,3)4/h8-13,15H,6-7,14H2,1-5H3,(H,22,23). The maximum atomic E-state index is 12.5. The predicted molar refractivity (Wildman–Crippen MR) is 105 cm³/mol. The first-order valence-corrected chi connectivity index (χ1v) is 8.90. The molecule has 0 aliphatic carbocycles. The topological polar surface area (TPSA) is 45.2 Å². The van der Waals surface area contributed by atoms with Gasteiger partial charge in [0.1, 0.15) is 5.82 Å². The lowest BCUT2D eigenvalue weighted by molar-refractivity contribution is 0.0793. The number of rotatable bonds is 6. The van der Waals surface area contributed by atoms with Crippen LogP contribution in [0.4, 0.5) is 11.5 Å². The second-order valence-electron chi connectivity index (χ2n) is 7.46. The molecule has 1 aromatic heterocycles. The molecule has 0 atom stereocenters. The number of hydrogen-bond donors (Lipinski definition) is 1. The number of aromatic nitrogens is 1. The molecule has 0 unspecified atom stereocenters. The molecule has 0 saturated heterocycles. The lowest BCUT2D eigenvalue weighted by atomic mass is 9.87. The van der Waals surface area contributed by atoms with Crippen molar-refractivity contribution in [3.8, 4) is 0 Å². The van der Waals surface area contributed by atoms with Gasteiger partial charge in [-0.15, -0.1) is 0 Å². The molecule has 4 heteroatoms. The Morgan fingerprint density at radius 2 is 1.84 bits per heavy atom. The van der Waals surface area contributed by atoms with Crippen molar-refractivity contribution in [1.29, 1.82) is 0 Å². The summed E-state index contributed by atoms with van der Waals surface area (Å²) in [6.07, 6.45) is 3.76. The van der Waals surface area contributed by atoms with Crippen LogP contribution in [0.1, 0.15) is 56.5 Å². The second kappa shape index (κ2) is 8.15. The number of carbonyl (C=O) groups excluding carboxylic acids is 1. The first-order chi connectivity index (χ1) is 11.8. The number of unbranched alkanes of at least 4 members (excludes halogenated alkanes) is 1. The smallest absolute Gasteiger partial charge is 0.253 e. The van der Waals surface area contributed by atoms with Crippen LogP contribution in [0.3, 0.4) is 0 Å². The molecule has 134 valence electrons. The minimum Gasteiger partial charge on any atom is -0.342 e. The molecule has 1 amide bonds. The maximum Gasteiger partial charge on any atom is 0.253 e. The number of benzene rings is 1. The molecule has 1 aromatic carbocycles. The third-order valence-electron chi connectivity index (χ3n) is 4.22. The fraction of sp³-hybridized carbons (Fsp3) is 0.429. The van der Waals surface area contributed by atoms with Gasteiger partial charge in [0.25, 0.3) is 5.91 Å². The van der Waals surface area contributed by atoms with Gasteiger partial charge < -0.3 is 10.2 Å². The van der Waals surface area contributed by atoms with E-state index in [1.54, 1.807) is 17.2 Å². The number of anilines is 2. The van der Waals surface area contributed by atoms with Gasteiger partial charge in [-0.05, 0) is 41.7 Å². The number of nitrogens with one attached hydrogen (secondary N) is 1. The quantitative estimate of drug-likeness (QED) is 0.806. The van der Waals surface area contributed by atoms with Crippen LogP contribution in [-0.4, -0.2) is 29.4 Å². The molecular weight excluding hydrogens is 310 g/mol. The molecule has 1 N–H and O–H groups in total. The highest BCUT2D eigenvalue weighted by Gasteiger charge is 2.14. The van der Waals surface area contributed by atoms with E-state index >= 15 is 0 Å². The molecule has 0 spiro atoms. The number of amides is 1. The van der Waals surface area contributed by atoms with E-state index in [9.17, 15) is 4.79 Å². The van der Waals surface area contributed by atoms with Crippen molar-refractivity contribution in [2.45, 2.75) is 46.0 Å². The van der Waals surface area contributed by atoms with Gasteiger partial charge in [0, 0.05) is 31.0 Å². The summed E-state index contributed by atoms with van der Waals surface area (Å²) in [4.78, 5) is 18.6. The van der Waals surface area contributed by atoms with Gasteiger partial charge >= 0.3 is 0 Å². The van der Waals surface area contributed by atoms with Crippen molar-refractivity contribution in [2.24, 2.45) is 0 Å². The summed E-state index contributed by atoms with van der Waals surface area (Å²) in [5.74, 6) is 0.709. The minimum absolute atomic E-state index is 0.0296. The zero-order valence-corrected chi connectivity index (χ0v) is 16.0. The lowest BCUT2D eigenvalue weighted by Gasteiger charge is -2.19. The van der Waals surface area contributed by atoms with Gasteiger partial charge in [-0.2, -0.15) is 0 Å². The molecule has 4 nitrogen and oxygen atoms in total. The molecule has 0 bridgehead atoms. The molecule has 0 aliphatic heterocycles. The van der Waals surface area contributed by atoms with Gasteiger partial charge in [-0.1, -0.05) is 46.2 Å². The summed E-state index contributed by atoms with van der Waals surface area (Å²) in [6, 6.07) is 11.9. The third-order valence-corrected chi connectivity index (χ3v) is 4.22. The van der Waals surface area contributed by atoms with Crippen molar-refractivity contribution in [3.05, 3.63) is 53.7 Å². The van der Waals surface area contributed by atoms with E-state index in [1.165, 1.54) is 5.56 Å². The molecular formula is C21H29N3O. The average Bonchev–Trinajstić information content (AvgIpc) is 2.59. The predicted octanol–water partition coefficient (Wildman–Crippen LogP) is 4.99. The molecule has 0 aliphatic rings. The van der Waals surface area contributed by atoms with E-state index in [0.29, 0.717) is 11.4 Å². The second-order valence-corrected chi connectivity index (χ2v) is 7.46. The van der Waals surface area contributed by atoms with Gasteiger partial charge in [0.15, 0.2) is 0 Å². The van der Waals surface area contributed by atoms with E-state index in [0.717, 1.165) is 25.1 Å². The van der Waals surface area contributed by atoms with Crippen LogP contribution in [0.2, 0.25) is 0 Å². The molecule has 0 saturated carbocycles. The third kappa shape index (κ3) is 5.31. The van der Waals surface area contributed by atoms with Crippen molar-refractivity contribution in [3.63, 3.8) is 0 Å². The summed E-state index contributed by atoms with van der Waals surface area (Å²) < 4.78 is 0. The first-order valence-electron chi connectivity index (χ1n) is 8.90. The van der Waals surface area contributed by atoms with E-state index in [2.05, 4.69) is 50.1 Å². The Hall–Kier alpha value is -2.36. The summed E-state index contributed by atoms with van der Waals surface area (Å²) in [6.45, 7) is 9.48. The van der Waals surface area contributed by atoms with Crippen molar-refractivity contribution in [2.75, 3.05) is 18.9 Å². The minimum atomic E-state index is 0.0296. The van der Waals surface area contributed by atoms with Crippen molar-refractivity contribution < 1.29 is 4.79 Å². The Balaban J connectivity index is 2.10. The molecule has 1 heterocycles. The Labute approximate surface area is 151 Å². The van der Waals surface area contributed by atoms with E-state index in [-0.39, 0.29) is 11.3 Å². The van der Waals surface area contributed by atoms with Crippen LogP contribution in [0.15, 0.2) is 42.6 Å². The van der Waals surface area contributed by atoms with Gasteiger partial charge in [-0.3, -0.25) is 4.79 Å². The van der Waals surface area contributed by atoms with E-state index < -0.39 is 0 Å². The van der Waals surface area contributed by atoms with Crippen LogP contribution in [0, 0.1) is 0 Å². The van der Waals surface area contributed by atoms with Crippen LogP contribution in [0.5, 0.6) is 0 Å². The number of pyridine rings is 1. The maximum absolute atomic E-state index is 12.5. The lowest BCUT2D eigenvalue weighted by Crippen LogP contribution is -2.27. The largest absolute Gasteiger partial charge is 0.342 e. The molecule has 0 fully saturated rings. The summed E-state index contributed by atoms with van der Waals surface area (Å²) >= 11 is 0. The van der Waals surface area contributed by atoms with Gasteiger partial charge in [0.05, 0.1) is 0 Å². The molecule has 0 radical (unpaired) electrons. The molecule has 2 rings (SSSR count). The molecule has 2 aromatic rings. The summed E-state index contributed by atoms with van der Waals surface area (Å²) in [5, 5.41) is 3.28. The van der Waals surface area contributed by atoms with Crippen LogP contribution < -0.4 is 5.32 Å². The Morgan fingerprint density at radius 3 is 2.44 bits per heavy atom. The summed E-state index contributed by atoms with van der Waals surface area (Å²) in [7, 11) is 1.84. The Kier molecular flexibility index (Phi) is 6.18. The van der Waals surface area contributed by atoms with Crippen molar-refractivity contribution >= 4 is 17.4 Å². The van der Waals surface area contributed by atoms with E-state index in [4.69, 9.17) is 0 Å². The highest BCUT2D eigenvalue weighted by atomic mass is 16.2. The Morgan fingerprint density at radius 1 is 1.16 bits per heavy atom. The van der Waals surface area contributed by atoms with Crippen molar-refractivity contribution in [1.82, 2.24) is 9.88 Å². The number of nitrogens with zero attached hydrogens (tertiary/aromatic N) is 2.